The molecule has 1 aromatic carbocycles. The summed E-state index contributed by atoms with van der Waals surface area (Å²) in [7, 11) is 0. The van der Waals surface area contributed by atoms with Crippen LogP contribution in [0, 0.1) is 0 Å². The van der Waals surface area contributed by atoms with E-state index >= 15 is 0 Å². The minimum absolute atomic E-state index is 0.0954. The molecule has 19 heavy (non-hydrogen) atoms. The van der Waals surface area contributed by atoms with E-state index in [1.807, 2.05) is 18.2 Å². The van der Waals surface area contributed by atoms with Crippen molar-refractivity contribution in [2.75, 3.05) is 6.54 Å². The van der Waals surface area contributed by atoms with Gasteiger partial charge in [0.25, 0.3) is 0 Å². The second kappa shape index (κ2) is 5.49. The molecule has 0 spiro atoms. The highest BCUT2D eigenvalue weighted by atomic mass is 79.9. The molecule has 0 aliphatic heterocycles. The van der Waals surface area contributed by atoms with Crippen LogP contribution in [0.5, 0.6) is 0 Å². The Bertz CT molecular complexity index is 655. The first-order valence-corrected chi connectivity index (χ1v) is 7.96. The van der Waals surface area contributed by atoms with Crippen LogP contribution in [0.4, 0.5) is 0 Å². The third kappa shape index (κ3) is 2.48. The van der Waals surface area contributed by atoms with Crippen LogP contribution in [-0.2, 0) is 0 Å². The van der Waals surface area contributed by atoms with Gasteiger partial charge in [-0.15, -0.1) is 0 Å². The van der Waals surface area contributed by atoms with Crippen molar-refractivity contribution >= 4 is 38.2 Å². The van der Waals surface area contributed by atoms with Crippen LogP contribution >= 0.6 is 27.3 Å². The lowest BCUT2D eigenvalue weighted by atomic mass is 10.1. The lowest BCUT2D eigenvalue weighted by molar-refractivity contribution is 0.477. The van der Waals surface area contributed by atoms with E-state index in [0.29, 0.717) is 0 Å². The van der Waals surface area contributed by atoms with Gasteiger partial charge < -0.3 is 9.73 Å². The molecule has 2 heterocycles. The van der Waals surface area contributed by atoms with E-state index in [-0.39, 0.29) is 6.04 Å². The quantitative estimate of drug-likeness (QED) is 0.729. The lowest BCUT2D eigenvalue weighted by Gasteiger charge is -2.14. The number of hydrogen-bond acceptors (Lipinski definition) is 3. The van der Waals surface area contributed by atoms with Crippen molar-refractivity contribution in [2.45, 2.75) is 13.0 Å². The van der Waals surface area contributed by atoms with Crippen LogP contribution in [0.25, 0.3) is 11.0 Å². The Morgan fingerprint density at radius 3 is 2.84 bits per heavy atom. The van der Waals surface area contributed by atoms with Crippen molar-refractivity contribution in [3.05, 3.63) is 56.9 Å². The third-order valence-corrected chi connectivity index (χ3v) is 4.84. The number of rotatable bonds is 4. The first kappa shape index (κ1) is 12.9. The minimum atomic E-state index is 0.0954. The largest absolute Gasteiger partial charge is 0.459 e. The van der Waals surface area contributed by atoms with Gasteiger partial charge in [-0.25, -0.2) is 0 Å². The second-order valence-corrected chi connectivity index (χ2v) is 5.95. The average Bonchev–Trinajstić information content (AvgIpc) is 3.02. The van der Waals surface area contributed by atoms with Crippen molar-refractivity contribution in [3.63, 3.8) is 0 Å². The summed E-state index contributed by atoms with van der Waals surface area (Å²) in [5.74, 6) is 0.960. The minimum Gasteiger partial charge on any atom is -0.459 e. The van der Waals surface area contributed by atoms with Crippen LogP contribution in [0.2, 0.25) is 0 Å². The van der Waals surface area contributed by atoms with Gasteiger partial charge in [0.05, 0.1) is 6.04 Å². The number of thiophene rings is 1. The summed E-state index contributed by atoms with van der Waals surface area (Å²) in [4.78, 5) is 0. The normalized spacial score (nSPS) is 12.9. The Labute approximate surface area is 124 Å². The monoisotopic (exact) mass is 335 g/mol. The number of fused-ring (bicyclic) bond motifs is 1. The molecular formula is C15H14BrNOS. The smallest absolute Gasteiger partial charge is 0.134 e. The molecule has 3 rings (SSSR count). The topological polar surface area (TPSA) is 25.2 Å². The SMILES string of the molecule is CCNC(c1cc2ccccc2o1)c1cscc1Br. The molecule has 98 valence electrons. The second-order valence-electron chi connectivity index (χ2n) is 4.35. The fourth-order valence-corrected chi connectivity index (χ4v) is 3.76. The van der Waals surface area contributed by atoms with Gasteiger partial charge in [-0.2, -0.15) is 11.3 Å². The Hall–Kier alpha value is -1.10. The van der Waals surface area contributed by atoms with Crippen LogP contribution in [0.15, 0.2) is 50.0 Å². The van der Waals surface area contributed by atoms with E-state index in [0.717, 1.165) is 27.7 Å². The molecule has 3 aromatic rings. The van der Waals surface area contributed by atoms with E-state index in [1.165, 1.54) is 5.56 Å². The number of hydrogen-bond donors (Lipinski definition) is 1. The molecule has 0 saturated heterocycles. The number of furan rings is 1. The molecule has 0 aliphatic carbocycles. The molecular weight excluding hydrogens is 322 g/mol. The third-order valence-electron chi connectivity index (χ3n) is 3.09. The maximum absolute atomic E-state index is 5.98. The van der Waals surface area contributed by atoms with Gasteiger partial charge in [-0.3, -0.25) is 0 Å². The van der Waals surface area contributed by atoms with Crippen molar-refractivity contribution in [1.82, 2.24) is 5.32 Å². The summed E-state index contributed by atoms with van der Waals surface area (Å²) in [6.45, 7) is 3.00. The fraction of sp³-hybridized carbons (Fsp3) is 0.200. The Balaban J connectivity index is 2.07. The summed E-state index contributed by atoms with van der Waals surface area (Å²) >= 11 is 5.30. The Morgan fingerprint density at radius 1 is 1.32 bits per heavy atom. The molecule has 0 amide bonds. The number of halogens is 1. The summed E-state index contributed by atoms with van der Waals surface area (Å²) in [5.41, 5.74) is 2.16. The standard InChI is InChI=1S/C15H14BrNOS/c1-2-17-15(11-8-19-9-12(11)16)14-7-10-5-3-4-6-13(10)18-14/h3-9,15,17H,2H2,1H3. The highest BCUT2D eigenvalue weighted by Gasteiger charge is 2.20. The molecule has 0 radical (unpaired) electrons. The summed E-state index contributed by atoms with van der Waals surface area (Å²) in [6, 6.07) is 10.3. The van der Waals surface area contributed by atoms with Crippen LogP contribution in [0.3, 0.4) is 0 Å². The fourth-order valence-electron chi connectivity index (χ4n) is 2.21. The van der Waals surface area contributed by atoms with E-state index < -0.39 is 0 Å². The first-order chi connectivity index (χ1) is 9.29. The first-order valence-electron chi connectivity index (χ1n) is 6.23. The van der Waals surface area contributed by atoms with Gasteiger partial charge in [0.2, 0.25) is 0 Å². The predicted octanol–water partition coefficient (Wildman–Crippen LogP) is 4.96. The molecule has 1 atom stereocenters. The molecule has 1 N–H and O–H groups in total. The molecule has 2 aromatic heterocycles. The predicted molar refractivity (Wildman–Crippen MR) is 83.8 cm³/mol. The van der Waals surface area contributed by atoms with Crippen LogP contribution in [-0.4, -0.2) is 6.54 Å². The van der Waals surface area contributed by atoms with E-state index in [9.17, 15) is 0 Å². The maximum Gasteiger partial charge on any atom is 0.134 e. The van der Waals surface area contributed by atoms with Gasteiger partial charge >= 0.3 is 0 Å². The number of benzene rings is 1. The zero-order valence-electron chi connectivity index (χ0n) is 10.5. The summed E-state index contributed by atoms with van der Waals surface area (Å²) < 4.78 is 7.11. The summed E-state index contributed by atoms with van der Waals surface area (Å²) in [5, 5.41) is 8.89. The van der Waals surface area contributed by atoms with Crippen LogP contribution < -0.4 is 5.32 Å². The molecule has 0 bridgehead atoms. The molecule has 1 unspecified atom stereocenters. The number of nitrogens with one attached hydrogen (secondary N) is 1. The molecule has 2 nitrogen and oxygen atoms in total. The Kier molecular flexibility index (Phi) is 3.73. The van der Waals surface area contributed by atoms with E-state index in [1.54, 1.807) is 11.3 Å². The molecule has 4 heteroatoms. The van der Waals surface area contributed by atoms with Gasteiger partial charge in [0.15, 0.2) is 0 Å². The van der Waals surface area contributed by atoms with Crippen molar-refractivity contribution < 1.29 is 4.42 Å². The molecule has 0 fully saturated rings. The lowest BCUT2D eigenvalue weighted by Crippen LogP contribution is -2.21. The summed E-state index contributed by atoms with van der Waals surface area (Å²) in [6.07, 6.45) is 0. The van der Waals surface area contributed by atoms with Gasteiger partial charge in [0.1, 0.15) is 11.3 Å². The van der Waals surface area contributed by atoms with Crippen molar-refractivity contribution in [3.8, 4) is 0 Å². The van der Waals surface area contributed by atoms with Gasteiger partial charge in [-0.1, -0.05) is 25.1 Å². The maximum atomic E-state index is 5.98. The van der Waals surface area contributed by atoms with Crippen molar-refractivity contribution in [1.29, 1.82) is 0 Å². The average molecular weight is 336 g/mol. The highest BCUT2D eigenvalue weighted by Crippen LogP contribution is 2.34. The highest BCUT2D eigenvalue weighted by molar-refractivity contribution is 9.10. The van der Waals surface area contributed by atoms with Crippen LogP contribution in [0.1, 0.15) is 24.3 Å². The number of para-hydroxylation sites is 1. The van der Waals surface area contributed by atoms with E-state index in [2.05, 4.69) is 51.1 Å². The van der Waals surface area contributed by atoms with E-state index in [4.69, 9.17) is 4.42 Å². The van der Waals surface area contributed by atoms with Gasteiger partial charge in [0, 0.05) is 20.8 Å². The van der Waals surface area contributed by atoms with Crippen molar-refractivity contribution in [2.24, 2.45) is 0 Å². The zero-order chi connectivity index (χ0) is 13.2. The molecule has 0 aliphatic rings. The molecule has 0 saturated carbocycles. The zero-order valence-corrected chi connectivity index (χ0v) is 12.9. The van der Waals surface area contributed by atoms with Gasteiger partial charge in [-0.05, 0) is 40.0 Å². The Morgan fingerprint density at radius 2 is 2.16 bits per heavy atom.